The SMILES string of the molecule is CCC1CN(C(=O)Cc2ccccc2)c2ccc(C(O)(C(F)(F)F)C(F)(F)F)cc2S1. The number of anilines is 1. The topological polar surface area (TPSA) is 40.5 Å². The molecule has 1 aliphatic heterocycles. The molecule has 1 unspecified atom stereocenters. The van der Waals surface area contributed by atoms with Crippen molar-refractivity contribution in [1.29, 1.82) is 0 Å². The summed E-state index contributed by atoms with van der Waals surface area (Å²) in [7, 11) is 0. The molecule has 2 aromatic carbocycles. The summed E-state index contributed by atoms with van der Waals surface area (Å²) in [4.78, 5) is 14.4. The lowest BCUT2D eigenvalue weighted by Crippen LogP contribution is -2.54. The molecular formula is C21H19F6NO2S. The monoisotopic (exact) mass is 463 g/mol. The van der Waals surface area contributed by atoms with Crippen molar-refractivity contribution in [1.82, 2.24) is 0 Å². The number of fused-ring (bicyclic) bond motifs is 1. The fraction of sp³-hybridized carbons (Fsp3) is 0.381. The van der Waals surface area contributed by atoms with Gasteiger partial charge in [-0.05, 0) is 24.1 Å². The number of aliphatic hydroxyl groups is 1. The molecule has 0 fully saturated rings. The van der Waals surface area contributed by atoms with Crippen LogP contribution in [0.15, 0.2) is 53.4 Å². The van der Waals surface area contributed by atoms with Crippen molar-refractivity contribution in [3.63, 3.8) is 0 Å². The second-order valence-corrected chi connectivity index (χ2v) is 8.55. The van der Waals surface area contributed by atoms with Crippen LogP contribution in [0, 0.1) is 0 Å². The van der Waals surface area contributed by atoms with Crippen LogP contribution in [0.3, 0.4) is 0 Å². The molecule has 0 bridgehead atoms. The van der Waals surface area contributed by atoms with Gasteiger partial charge in [0, 0.05) is 22.3 Å². The van der Waals surface area contributed by atoms with Gasteiger partial charge in [0.25, 0.3) is 5.60 Å². The molecule has 1 heterocycles. The van der Waals surface area contributed by atoms with Crippen LogP contribution >= 0.6 is 11.8 Å². The second kappa shape index (κ2) is 8.38. The molecular weight excluding hydrogens is 444 g/mol. The van der Waals surface area contributed by atoms with Crippen molar-refractivity contribution in [2.75, 3.05) is 11.4 Å². The van der Waals surface area contributed by atoms with E-state index in [2.05, 4.69) is 0 Å². The van der Waals surface area contributed by atoms with Crippen molar-refractivity contribution < 1.29 is 36.2 Å². The van der Waals surface area contributed by atoms with E-state index in [9.17, 15) is 36.2 Å². The van der Waals surface area contributed by atoms with Crippen LogP contribution in [0.25, 0.3) is 0 Å². The number of rotatable bonds is 4. The molecule has 0 aliphatic carbocycles. The van der Waals surface area contributed by atoms with Crippen LogP contribution in [-0.2, 0) is 16.8 Å². The van der Waals surface area contributed by atoms with Gasteiger partial charge >= 0.3 is 12.4 Å². The van der Waals surface area contributed by atoms with Crippen molar-refractivity contribution in [3.8, 4) is 0 Å². The van der Waals surface area contributed by atoms with Crippen molar-refractivity contribution in [3.05, 3.63) is 59.7 Å². The summed E-state index contributed by atoms with van der Waals surface area (Å²) in [5, 5.41) is 9.50. The Kier molecular flexibility index (Phi) is 6.35. The quantitative estimate of drug-likeness (QED) is 0.613. The molecule has 2 aromatic rings. The smallest absolute Gasteiger partial charge is 0.369 e. The average molecular weight is 463 g/mol. The predicted molar refractivity (Wildman–Crippen MR) is 105 cm³/mol. The molecule has 0 saturated heterocycles. The van der Waals surface area contributed by atoms with E-state index in [1.54, 1.807) is 30.3 Å². The molecule has 1 aliphatic rings. The van der Waals surface area contributed by atoms with Crippen molar-refractivity contribution in [2.45, 2.75) is 47.9 Å². The Labute approximate surface area is 179 Å². The number of halogens is 6. The Balaban J connectivity index is 2.03. The molecule has 0 saturated carbocycles. The van der Waals surface area contributed by atoms with E-state index in [1.165, 1.54) is 4.90 Å². The highest BCUT2D eigenvalue weighted by atomic mass is 32.2. The van der Waals surface area contributed by atoms with Crippen LogP contribution in [0.2, 0.25) is 0 Å². The third-order valence-electron chi connectivity index (χ3n) is 5.12. The van der Waals surface area contributed by atoms with Crippen LogP contribution in [0.4, 0.5) is 32.0 Å². The summed E-state index contributed by atoms with van der Waals surface area (Å²) < 4.78 is 79.6. The fourth-order valence-electron chi connectivity index (χ4n) is 3.38. The first kappa shape index (κ1) is 23.5. The van der Waals surface area contributed by atoms with E-state index in [0.717, 1.165) is 23.4 Å². The Morgan fingerprint density at radius 3 is 2.23 bits per heavy atom. The molecule has 1 amide bonds. The van der Waals surface area contributed by atoms with E-state index in [1.807, 2.05) is 6.92 Å². The van der Waals surface area contributed by atoms with Gasteiger partial charge in [0.05, 0.1) is 12.1 Å². The number of benzene rings is 2. The lowest BCUT2D eigenvalue weighted by atomic mass is 9.92. The summed E-state index contributed by atoms with van der Waals surface area (Å²) in [5.74, 6) is -0.319. The molecule has 0 aromatic heterocycles. The number of hydrogen-bond acceptors (Lipinski definition) is 3. The maximum Gasteiger partial charge on any atom is 0.430 e. The van der Waals surface area contributed by atoms with E-state index in [4.69, 9.17) is 0 Å². The minimum absolute atomic E-state index is 0.0399. The lowest BCUT2D eigenvalue weighted by molar-refractivity contribution is -0.376. The molecule has 1 atom stereocenters. The number of thioether (sulfide) groups is 1. The highest BCUT2D eigenvalue weighted by Crippen LogP contribution is 2.52. The maximum atomic E-state index is 13.3. The number of alkyl halides is 6. The highest BCUT2D eigenvalue weighted by Gasteiger charge is 2.71. The standard InChI is InChI=1S/C21H19F6NO2S/c1-2-15-12-28(18(29)10-13-6-4-3-5-7-13)16-9-8-14(11-17(16)31-15)19(30,20(22,23)24)21(25,26)27/h3-9,11,15,30H,2,10,12H2,1H3. The van der Waals surface area contributed by atoms with Gasteiger partial charge in [0.15, 0.2) is 0 Å². The van der Waals surface area contributed by atoms with E-state index < -0.39 is 23.5 Å². The molecule has 0 radical (unpaired) electrons. The fourth-order valence-corrected chi connectivity index (χ4v) is 4.62. The number of amides is 1. The Hall–Kier alpha value is -2.20. The first-order chi connectivity index (χ1) is 14.4. The largest absolute Gasteiger partial charge is 0.430 e. The average Bonchev–Trinajstić information content (AvgIpc) is 2.70. The summed E-state index contributed by atoms with van der Waals surface area (Å²) in [6.07, 6.45) is -11.3. The van der Waals surface area contributed by atoms with E-state index in [-0.39, 0.29) is 34.7 Å². The van der Waals surface area contributed by atoms with Crippen molar-refractivity contribution in [2.24, 2.45) is 0 Å². The van der Waals surface area contributed by atoms with Gasteiger partial charge in [0.1, 0.15) is 0 Å². The zero-order valence-corrected chi connectivity index (χ0v) is 17.1. The minimum atomic E-state index is -5.97. The van der Waals surface area contributed by atoms with Gasteiger partial charge in [0.2, 0.25) is 5.91 Å². The number of carbonyl (C=O) groups is 1. The van der Waals surface area contributed by atoms with Gasteiger partial charge in [-0.15, -0.1) is 11.8 Å². The zero-order chi connectivity index (χ0) is 23.0. The molecule has 3 rings (SSSR count). The van der Waals surface area contributed by atoms with Crippen LogP contribution in [0.1, 0.15) is 24.5 Å². The molecule has 3 nitrogen and oxygen atoms in total. The summed E-state index contributed by atoms with van der Waals surface area (Å²) in [6, 6.07) is 11.1. The van der Waals surface area contributed by atoms with Gasteiger partial charge in [-0.1, -0.05) is 43.3 Å². The Morgan fingerprint density at radius 1 is 1.06 bits per heavy atom. The van der Waals surface area contributed by atoms with E-state index >= 15 is 0 Å². The zero-order valence-electron chi connectivity index (χ0n) is 16.3. The number of nitrogens with zero attached hydrogens (tertiary/aromatic N) is 1. The van der Waals surface area contributed by atoms with Gasteiger partial charge in [-0.3, -0.25) is 4.79 Å². The first-order valence-electron chi connectivity index (χ1n) is 9.39. The third kappa shape index (κ3) is 4.41. The second-order valence-electron chi connectivity index (χ2n) is 7.20. The normalized spacial score (nSPS) is 17.4. The first-order valence-corrected chi connectivity index (χ1v) is 10.3. The predicted octanol–water partition coefficient (Wildman–Crippen LogP) is 5.46. The van der Waals surface area contributed by atoms with Crippen LogP contribution in [-0.4, -0.2) is 35.2 Å². The molecule has 168 valence electrons. The highest BCUT2D eigenvalue weighted by molar-refractivity contribution is 8.00. The van der Waals surface area contributed by atoms with Gasteiger partial charge in [-0.2, -0.15) is 26.3 Å². The van der Waals surface area contributed by atoms with Crippen molar-refractivity contribution >= 4 is 23.4 Å². The van der Waals surface area contributed by atoms with Gasteiger partial charge < -0.3 is 10.0 Å². The van der Waals surface area contributed by atoms with Crippen LogP contribution in [0.5, 0.6) is 0 Å². The summed E-state index contributed by atoms with van der Waals surface area (Å²) in [6.45, 7) is 2.09. The number of hydrogen-bond donors (Lipinski definition) is 1. The third-order valence-corrected chi connectivity index (χ3v) is 6.52. The Bertz CT molecular complexity index is 931. The van der Waals surface area contributed by atoms with E-state index in [0.29, 0.717) is 18.6 Å². The summed E-state index contributed by atoms with van der Waals surface area (Å²) in [5.41, 5.74) is -5.37. The molecule has 0 spiro atoms. The molecule has 10 heteroatoms. The van der Waals surface area contributed by atoms with Crippen LogP contribution < -0.4 is 4.90 Å². The van der Waals surface area contributed by atoms with Gasteiger partial charge in [-0.25, -0.2) is 0 Å². The lowest BCUT2D eigenvalue weighted by Gasteiger charge is -2.36. The summed E-state index contributed by atoms with van der Waals surface area (Å²) >= 11 is 1.10. The molecule has 31 heavy (non-hydrogen) atoms. The number of carbonyl (C=O) groups excluding carboxylic acids is 1. The minimum Gasteiger partial charge on any atom is -0.369 e. The maximum absolute atomic E-state index is 13.3. The Morgan fingerprint density at radius 2 is 1.68 bits per heavy atom. The molecule has 1 N–H and O–H groups in total.